The van der Waals surface area contributed by atoms with Crippen LogP contribution in [0.1, 0.15) is 18.5 Å². The third kappa shape index (κ3) is 3.95. The van der Waals surface area contributed by atoms with E-state index in [4.69, 9.17) is 5.73 Å². The fourth-order valence-corrected chi connectivity index (χ4v) is 2.99. The molecule has 0 spiro atoms. The lowest BCUT2D eigenvalue weighted by molar-refractivity contribution is 0.605. The van der Waals surface area contributed by atoms with Gasteiger partial charge in [0.05, 0.1) is 0 Å². The summed E-state index contributed by atoms with van der Waals surface area (Å²) in [6.45, 7) is 2.88. The highest BCUT2D eigenvalue weighted by Gasteiger charge is 2.14. The van der Waals surface area contributed by atoms with E-state index in [-0.39, 0.29) is 11.9 Å². The van der Waals surface area contributed by atoms with Gasteiger partial charge in [0.1, 0.15) is 11.6 Å². The van der Waals surface area contributed by atoms with Crippen LogP contribution in [0.3, 0.4) is 0 Å². The number of nitrogens with zero attached hydrogens (tertiary/aromatic N) is 1. The number of rotatable bonds is 6. The van der Waals surface area contributed by atoms with Gasteiger partial charge in [-0.2, -0.15) is 0 Å². The predicted molar refractivity (Wildman–Crippen MR) is 82.2 cm³/mol. The number of benzene rings is 1. The van der Waals surface area contributed by atoms with Gasteiger partial charge in [-0.3, -0.25) is 0 Å². The van der Waals surface area contributed by atoms with Crippen molar-refractivity contribution in [1.82, 2.24) is 10.3 Å². The number of nitrogens with one attached hydrogen (secondary N) is 1. The largest absolute Gasteiger partial charge is 0.383 e. The molecule has 3 N–H and O–H groups in total. The normalized spacial score (nSPS) is 12.3. The van der Waals surface area contributed by atoms with Gasteiger partial charge in [0.2, 0.25) is 0 Å². The molecule has 0 amide bonds. The second-order valence-corrected chi connectivity index (χ2v) is 5.45. The van der Waals surface area contributed by atoms with Crippen molar-refractivity contribution in [2.45, 2.75) is 17.9 Å². The van der Waals surface area contributed by atoms with Crippen LogP contribution >= 0.6 is 11.8 Å². The fraction of sp³-hybridized carbons (Fsp3) is 0.267. The van der Waals surface area contributed by atoms with Crippen LogP contribution in [0.2, 0.25) is 0 Å². The molecule has 2 rings (SSSR count). The molecule has 1 aromatic heterocycles. The Bertz CT molecular complexity index is 562. The fourth-order valence-electron chi connectivity index (χ4n) is 1.97. The van der Waals surface area contributed by atoms with Gasteiger partial charge in [-0.05, 0) is 30.8 Å². The van der Waals surface area contributed by atoms with Crippen LogP contribution in [0.25, 0.3) is 0 Å². The van der Waals surface area contributed by atoms with Gasteiger partial charge in [0.25, 0.3) is 0 Å². The summed E-state index contributed by atoms with van der Waals surface area (Å²) in [6.07, 6.45) is 1.68. The van der Waals surface area contributed by atoms with Crippen LogP contribution in [0.4, 0.5) is 10.2 Å². The summed E-state index contributed by atoms with van der Waals surface area (Å²) in [5.41, 5.74) is 6.91. The zero-order valence-corrected chi connectivity index (χ0v) is 12.2. The molecule has 1 aromatic carbocycles. The molecule has 20 heavy (non-hydrogen) atoms. The molecule has 106 valence electrons. The Balaban J connectivity index is 2.08. The van der Waals surface area contributed by atoms with Crippen molar-refractivity contribution in [3.8, 4) is 0 Å². The van der Waals surface area contributed by atoms with Gasteiger partial charge in [-0.25, -0.2) is 9.37 Å². The minimum Gasteiger partial charge on any atom is -0.383 e. The number of aromatic nitrogens is 1. The van der Waals surface area contributed by atoms with E-state index in [9.17, 15) is 4.39 Å². The van der Waals surface area contributed by atoms with Gasteiger partial charge >= 0.3 is 0 Å². The Labute approximate surface area is 122 Å². The average molecular weight is 291 g/mol. The second-order valence-electron chi connectivity index (χ2n) is 4.36. The van der Waals surface area contributed by atoms with Gasteiger partial charge < -0.3 is 11.1 Å². The molecule has 0 radical (unpaired) electrons. The van der Waals surface area contributed by atoms with Crippen molar-refractivity contribution in [3.63, 3.8) is 0 Å². The molecule has 3 nitrogen and oxygen atoms in total. The first-order valence-electron chi connectivity index (χ1n) is 6.53. The number of thioether (sulfide) groups is 1. The molecular formula is C15H18FN3S. The van der Waals surface area contributed by atoms with Crippen LogP contribution in [-0.2, 0) is 0 Å². The van der Waals surface area contributed by atoms with Crippen molar-refractivity contribution in [2.24, 2.45) is 0 Å². The molecule has 1 unspecified atom stereocenters. The number of hydrogen-bond donors (Lipinski definition) is 2. The first-order chi connectivity index (χ1) is 9.70. The highest BCUT2D eigenvalue weighted by atomic mass is 32.2. The Kier molecular flexibility index (Phi) is 5.38. The van der Waals surface area contributed by atoms with Gasteiger partial charge in [-0.15, -0.1) is 11.8 Å². The van der Waals surface area contributed by atoms with E-state index in [1.807, 2.05) is 25.1 Å². The number of pyridine rings is 1. The lowest BCUT2D eigenvalue weighted by Crippen LogP contribution is -2.24. The quantitative estimate of drug-likeness (QED) is 0.802. The van der Waals surface area contributed by atoms with Crippen LogP contribution in [0.5, 0.6) is 0 Å². The zero-order valence-electron chi connectivity index (χ0n) is 11.3. The number of anilines is 1. The molecule has 1 atom stereocenters. The number of hydrogen-bond acceptors (Lipinski definition) is 4. The summed E-state index contributed by atoms with van der Waals surface area (Å²) < 4.78 is 13.2. The molecular weight excluding hydrogens is 273 g/mol. The minimum atomic E-state index is -0.212. The number of nitrogen functional groups attached to an aromatic ring is 1. The monoisotopic (exact) mass is 291 g/mol. The van der Waals surface area contributed by atoms with Crippen LogP contribution in [0, 0.1) is 5.82 Å². The smallest absolute Gasteiger partial charge is 0.128 e. The molecule has 0 bridgehead atoms. The van der Waals surface area contributed by atoms with Crippen molar-refractivity contribution in [1.29, 1.82) is 0 Å². The SMILES string of the molecule is CCNC(CSc1cccc(F)c1)c1cccnc1N. The van der Waals surface area contributed by atoms with Gasteiger partial charge in [-0.1, -0.05) is 19.1 Å². The van der Waals surface area contributed by atoms with Crippen molar-refractivity contribution < 1.29 is 4.39 Å². The van der Waals surface area contributed by atoms with Crippen molar-refractivity contribution in [3.05, 3.63) is 54.0 Å². The Morgan fingerprint density at radius 2 is 2.20 bits per heavy atom. The zero-order chi connectivity index (χ0) is 14.4. The molecule has 0 aliphatic carbocycles. The Morgan fingerprint density at radius 3 is 2.90 bits per heavy atom. The summed E-state index contributed by atoms with van der Waals surface area (Å²) >= 11 is 1.60. The number of halogens is 1. The molecule has 0 aliphatic heterocycles. The highest BCUT2D eigenvalue weighted by Crippen LogP contribution is 2.27. The summed E-state index contributed by atoms with van der Waals surface area (Å²) in [5.74, 6) is 1.10. The predicted octanol–water partition coefficient (Wildman–Crippen LogP) is 3.25. The van der Waals surface area contributed by atoms with Crippen molar-refractivity contribution in [2.75, 3.05) is 18.0 Å². The van der Waals surface area contributed by atoms with Crippen molar-refractivity contribution >= 4 is 17.6 Å². The third-order valence-corrected chi connectivity index (χ3v) is 4.00. The second kappa shape index (κ2) is 7.26. The summed E-state index contributed by atoms with van der Waals surface area (Å²) in [7, 11) is 0. The maximum absolute atomic E-state index is 13.2. The van der Waals surface area contributed by atoms with Gasteiger partial charge in [0.15, 0.2) is 0 Å². The number of nitrogens with two attached hydrogens (primary N) is 1. The van der Waals surface area contributed by atoms with E-state index in [0.29, 0.717) is 5.82 Å². The van der Waals surface area contributed by atoms with E-state index in [1.54, 1.807) is 30.1 Å². The first kappa shape index (κ1) is 14.8. The maximum atomic E-state index is 13.2. The maximum Gasteiger partial charge on any atom is 0.128 e. The third-order valence-electron chi connectivity index (χ3n) is 2.91. The average Bonchev–Trinajstić information content (AvgIpc) is 2.44. The molecule has 0 aliphatic rings. The molecule has 1 heterocycles. The standard InChI is InChI=1S/C15H18FN3S/c1-2-18-14(13-7-4-8-19-15(13)17)10-20-12-6-3-5-11(16)9-12/h3-9,14,18H,2,10H2,1H3,(H2,17,19). The van der Waals surface area contributed by atoms with E-state index in [1.165, 1.54) is 6.07 Å². The van der Waals surface area contributed by atoms with E-state index in [2.05, 4.69) is 10.3 Å². The molecule has 5 heteroatoms. The Hall–Kier alpha value is -1.59. The van der Waals surface area contributed by atoms with Crippen LogP contribution in [0.15, 0.2) is 47.5 Å². The Morgan fingerprint density at radius 1 is 1.35 bits per heavy atom. The molecule has 2 aromatic rings. The lowest BCUT2D eigenvalue weighted by atomic mass is 10.1. The molecule has 0 fully saturated rings. The minimum absolute atomic E-state index is 0.0990. The van der Waals surface area contributed by atoms with Crippen LogP contribution in [-0.4, -0.2) is 17.3 Å². The lowest BCUT2D eigenvalue weighted by Gasteiger charge is -2.19. The summed E-state index contributed by atoms with van der Waals surface area (Å²) in [5, 5.41) is 3.39. The van der Waals surface area contributed by atoms with Gasteiger partial charge in [0, 0.05) is 28.5 Å². The topological polar surface area (TPSA) is 50.9 Å². The first-order valence-corrected chi connectivity index (χ1v) is 7.51. The van der Waals surface area contributed by atoms with E-state index in [0.717, 1.165) is 22.8 Å². The van der Waals surface area contributed by atoms with Crippen LogP contribution < -0.4 is 11.1 Å². The molecule has 0 saturated carbocycles. The summed E-state index contributed by atoms with van der Waals surface area (Å²) in [4.78, 5) is 5.03. The summed E-state index contributed by atoms with van der Waals surface area (Å²) in [6, 6.07) is 10.6. The highest BCUT2D eigenvalue weighted by molar-refractivity contribution is 7.99. The van der Waals surface area contributed by atoms with E-state index >= 15 is 0 Å². The molecule has 0 saturated heterocycles. The van der Waals surface area contributed by atoms with E-state index < -0.39 is 0 Å².